The molecule has 0 amide bonds. The Morgan fingerprint density at radius 3 is 0.281 bits per heavy atom. The van der Waals surface area contributed by atoms with Crippen LogP contribution in [0.1, 0.15) is 0 Å². The third-order valence-electron chi connectivity index (χ3n) is 10.1. The van der Waals surface area contributed by atoms with Crippen LogP contribution in [0.2, 0.25) is 42.5 Å². The molecule has 0 radical (unpaired) electrons. The van der Waals surface area contributed by atoms with Gasteiger partial charge in [-0.25, -0.2) is 0 Å². The van der Waals surface area contributed by atoms with E-state index in [0.29, 0.717) is 0 Å². The second-order valence-corrected chi connectivity index (χ2v) is 8.87. The van der Waals surface area contributed by atoms with Gasteiger partial charge in [-0.2, -0.15) is 0 Å². The van der Waals surface area contributed by atoms with Crippen molar-refractivity contribution in [2.24, 2.45) is 0 Å². The van der Waals surface area contributed by atoms with Gasteiger partial charge < -0.3 is 0 Å². The Hall–Kier alpha value is -0.601. The van der Waals surface area contributed by atoms with Crippen molar-refractivity contribution in [3.63, 3.8) is 0 Å². The normalized spacial score (nSPS) is 54.0. The maximum Gasteiger partial charge on any atom is 0.544 e. The van der Waals surface area contributed by atoms with Gasteiger partial charge in [-0.05, 0) is 0 Å². The van der Waals surface area contributed by atoms with Crippen LogP contribution in [-0.2, 0) is 0 Å². The zero-order valence-electron chi connectivity index (χ0n) is 14.7. The number of halogens is 16. The van der Waals surface area contributed by atoms with Gasteiger partial charge in [0, 0.05) is 42.5 Å². The number of hydrogen-bond acceptors (Lipinski definition) is 0. The monoisotopic (exact) mass is 488 g/mol. The van der Waals surface area contributed by atoms with Gasteiger partial charge in [0.1, 0.15) is 0 Å². The van der Waals surface area contributed by atoms with Crippen molar-refractivity contribution in [1.29, 1.82) is 0 Å². The summed E-state index contributed by atoms with van der Waals surface area (Å²) in [6.45, 7) is 0. The van der Waals surface area contributed by atoms with Crippen LogP contribution in [0.15, 0.2) is 0 Å². The summed E-state index contributed by atoms with van der Waals surface area (Å²) < 4.78 is 227. The third kappa shape index (κ3) is 0.982. The molecule has 168 valence electrons. The standard InChI is InChI=1S/C8B8F16/c17-9(18)1-2(10(19)20)5(13(25)26)3(1,11(21)22)7(15(29)30)4(1,12(23)24)6(2,14(27)28)8(5,7)16(31)32. The van der Waals surface area contributed by atoms with E-state index in [2.05, 4.69) is 0 Å². The van der Waals surface area contributed by atoms with E-state index in [-0.39, 0.29) is 0 Å². The Labute approximate surface area is 170 Å². The van der Waals surface area contributed by atoms with Crippen molar-refractivity contribution in [3.8, 4) is 0 Å². The topological polar surface area (TPSA) is 0 Å². The van der Waals surface area contributed by atoms with Gasteiger partial charge >= 0.3 is 58.1 Å². The zero-order chi connectivity index (χ0) is 24.6. The molecular weight excluding hydrogens is 487 g/mol. The molecule has 0 N–H and O–H groups in total. The van der Waals surface area contributed by atoms with Gasteiger partial charge in [0.25, 0.3) is 0 Å². The average Bonchev–Trinajstić information content (AvgIpc) is 2.62. The molecule has 0 aromatic heterocycles. The van der Waals surface area contributed by atoms with Gasteiger partial charge in [-0.3, -0.25) is 69.1 Å². The molecule has 32 heavy (non-hydrogen) atoms. The van der Waals surface area contributed by atoms with Gasteiger partial charge in [0.2, 0.25) is 0 Å². The number of hydrogen-bond donors (Lipinski definition) is 0. The van der Waals surface area contributed by atoms with Crippen LogP contribution in [0.25, 0.3) is 0 Å². The van der Waals surface area contributed by atoms with Crippen LogP contribution in [-0.4, -0.2) is 58.1 Å². The van der Waals surface area contributed by atoms with E-state index in [1.165, 1.54) is 0 Å². The molecule has 6 rings (SSSR count). The number of rotatable bonds is 8. The molecule has 0 aliphatic heterocycles. The molecule has 0 aromatic rings. The lowest BCUT2D eigenvalue weighted by atomic mass is 8.53. The van der Waals surface area contributed by atoms with Crippen LogP contribution in [0.4, 0.5) is 69.1 Å². The van der Waals surface area contributed by atoms with E-state index in [1.807, 2.05) is 0 Å². The summed E-state index contributed by atoms with van der Waals surface area (Å²) in [5, 5.41) is -38.8. The van der Waals surface area contributed by atoms with Gasteiger partial charge in [-0.1, -0.05) is 0 Å². The van der Waals surface area contributed by atoms with Crippen molar-refractivity contribution in [1.82, 2.24) is 0 Å². The Bertz CT molecular complexity index is 628. The average molecular weight is 487 g/mol. The molecule has 0 saturated heterocycles. The molecule has 0 spiro atoms. The summed E-state index contributed by atoms with van der Waals surface area (Å²) >= 11 is 0. The van der Waals surface area contributed by atoms with Crippen LogP contribution < -0.4 is 0 Å². The van der Waals surface area contributed by atoms with E-state index in [4.69, 9.17) is 0 Å². The Kier molecular flexibility index (Phi) is 3.73. The van der Waals surface area contributed by atoms with Crippen molar-refractivity contribution >= 4 is 58.1 Å². The summed E-state index contributed by atoms with van der Waals surface area (Å²) in [6.07, 6.45) is 0. The minimum atomic E-state index is -4.92. The van der Waals surface area contributed by atoms with E-state index < -0.39 is 101 Å². The summed E-state index contributed by atoms with van der Waals surface area (Å²) in [5.41, 5.74) is 0. The molecule has 0 unspecified atom stereocenters. The molecule has 6 aliphatic rings. The van der Waals surface area contributed by atoms with E-state index in [0.717, 1.165) is 0 Å². The molecule has 6 aliphatic carbocycles. The van der Waals surface area contributed by atoms with E-state index in [1.54, 1.807) is 0 Å². The highest BCUT2D eigenvalue weighted by molar-refractivity contribution is 6.93. The molecule has 0 bridgehead atoms. The van der Waals surface area contributed by atoms with Crippen molar-refractivity contribution in [3.05, 3.63) is 0 Å². The zero-order valence-corrected chi connectivity index (χ0v) is 14.7. The lowest BCUT2D eigenvalue weighted by molar-refractivity contribution is -0.504. The van der Waals surface area contributed by atoms with Crippen molar-refractivity contribution in [2.75, 3.05) is 0 Å². The largest absolute Gasteiger partial charge is 0.544 e. The first kappa shape index (κ1) is 23.2. The quantitative estimate of drug-likeness (QED) is 0.319. The van der Waals surface area contributed by atoms with Crippen LogP contribution in [0.5, 0.6) is 0 Å². The summed E-state index contributed by atoms with van der Waals surface area (Å²) in [4.78, 5) is 0. The molecule has 6 saturated carbocycles. The highest BCUT2D eigenvalue weighted by Crippen LogP contribution is 3.53. The van der Waals surface area contributed by atoms with Crippen LogP contribution in [0.3, 0.4) is 0 Å². The highest BCUT2D eigenvalue weighted by Gasteiger charge is 3.46. The predicted molar refractivity (Wildman–Crippen MR) is 85.3 cm³/mol. The minimum Gasteiger partial charge on any atom is -0.286 e. The fraction of sp³-hybridized carbons (Fsp3) is 1.00. The summed E-state index contributed by atoms with van der Waals surface area (Å²) in [5.74, 6) is 0. The third-order valence-corrected chi connectivity index (χ3v) is 10.1. The molecule has 0 atom stereocenters. The second kappa shape index (κ2) is 5.15. The summed E-state index contributed by atoms with van der Waals surface area (Å²) in [6, 6.07) is 0. The fourth-order valence-corrected chi connectivity index (χ4v) is 11.2. The maximum atomic E-state index is 14.2. The highest BCUT2D eigenvalue weighted by atomic mass is 19.3. The van der Waals surface area contributed by atoms with Gasteiger partial charge in [-0.15, -0.1) is 0 Å². The molecular formula is C8B8F16. The molecule has 0 aromatic carbocycles. The first-order valence-corrected chi connectivity index (χ1v) is 8.80. The predicted octanol–water partition coefficient (Wildman–Crippen LogP) is 5.40. The lowest BCUT2D eigenvalue weighted by Gasteiger charge is -3.29. The Morgan fingerprint density at radius 2 is 0.250 bits per heavy atom. The van der Waals surface area contributed by atoms with Crippen molar-refractivity contribution < 1.29 is 69.1 Å². The van der Waals surface area contributed by atoms with E-state index in [9.17, 15) is 69.1 Å². The van der Waals surface area contributed by atoms with Gasteiger partial charge in [0.15, 0.2) is 0 Å². The first-order chi connectivity index (χ1) is 14.5. The first-order valence-electron chi connectivity index (χ1n) is 8.80. The second-order valence-electron chi connectivity index (χ2n) is 8.87. The van der Waals surface area contributed by atoms with Crippen molar-refractivity contribution in [2.45, 2.75) is 42.5 Å². The smallest absolute Gasteiger partial charge is 0.286 e. The van der Waals surface area contributed by atoms with Crippen LogP contribution >= 0.6 is 0 Å². The summed E-state index contributed by atoms with van der Waals surface area (Å²) in [7, 11) is -39.3. The molecule has 6 fully saturated rings. The fourth-order valence-electron chi connectivity index (χ4n) is 11.2. The Balaban J connectivity index is 2.05. The maximum absolute atomic E-state index is 14.2. The minimum absolute atomic E-state index is 4.84. The van der Waals surface area contributed by atoms with Gasteiger partial charge in [0.05, 0.1) is 0 Å². The molecule has 0 heterocycles. The molecule has 0 nitrogen and oxygen atoms in total. The lowest BCUT2D eigenvalue weighted by Crippen LogP contribution is -3.22. The SMILES string of the molecule is FB(F)C12C3(B(F)F)C4(B(F)F)C1(B(F)F)C1(B(F)F)C2(B(F)F)C3(B(F)F)C41B(F)F. The Morgan fingerprint density at radius 1 is 0.188 bits per heavy atom. The van der Waals surface area contributed by atoms with E-state index >= 15 is 0 Å². The molecule has 24 heteroatoms. The van der Waals surface area contributed by atoms with Crippen LogP contribution in [0, 0.1) is 0 Å².